The maximum Gasteiger partial charge on any atom is 0.273 e. The van der Waals surface area contributed by atoms with Crippen LogP contribution in [0.1, 0.15) is 59.4 Å². The van der Waals surface area contributed by atoms with E-state index in [0.29, 0.717) is 18.3 Å². The van der Waals surface area contributed by atoms with Crippen molar-refractivity contribution in [1.29, 1.82) is 0 Å². The van der Waals surface area contributed by atoms with Crippen LogP contribution in [0, 0.1) is 12.8 Å². The normalized spacial score (nSPS) is 22.7. The number of ether oxygens (including phenoxy) is 1. The molecule has 29 heavy (non-hydrogen) atoms. The Morgan fingerprint density at radius 2 is 2.00 bits per heavy atom. The van der Waals surface area contributed by atoms with Gasteiger partial charge in [-0.15, -0.1) is 17.5 Å². The number of hydrogen-bond donors (Lipinski definition) is 2. The van der Waals surface area contributed by atoms with Crippen molar-refractivity contribution in [3.8, 4) is 0 Å². The summed E-state index contributed by atoms with van der Waals surface area (Å²) in [5.41, 5.74) is 2.81. The van der Waals surface area contributed by atoms with Crippen LogP contribution in [0.4, 0.5) is 0 Å². The van der Waals surface area contributed by atoms with Gasteiger partial charge in [0.1, 0.15) is 0 Å². The zero-order valence-electron chi connectivity index (χ0n) is 16.8. The average molecular weight is 420 g/mol. The fraction of sp³-hybridized carbons (Fsp3) is 0.571. The molecule has 3 heterocycles. The highest BCUT2D eigenvalue weighted by molar-refractivity contribution is 5.91. The summed E-state index contributed by atoms with van der Waals surface area (Å²) < 4.78 is 7.89. The van der Waals surface area contributed by atoms with Gasteiger partial charge in [0.2, 0.25) is 0 Å². The lowest BCUT2D eigenvalue weighted by Gasteiger charge is -2.32. The van der Waals surface area contributed by atoms with E-state index in [1.165, 1.54) is 11.1 Å². The van der Waals surface area contributed by atoms with Crippen LogP contribution in [-0.2, 0) is 4.74 Å². The molecule has 2 unspecified atom stereocenters. The number of hydrogen-bond acceptors (Lipinski definition) is 5. The van der Waals surface area contributed by atoms with Crippen molar-refractivity contribution in [2.45, 2.75) is 44.8 Å². The molecule has 0 saturated carbocycles. The van der Waals surface area contributed by atoms with E-state index in [1.54, 1.807) is 6.20 Å². The molecule has 4 rings (SSSR count). The Kier molecular flexibility index (Phi) is 7.64. The topological polar surface area (TPSA) is 81.1 Å². The van der Waals surface area contributed by atoms with E-state index in [9.17, 15) is 4.79 Å². The smallest absolute Gasteiger partial charge is 0.273 e. The number of amides is 1. The zero-order valence-corrected chi connectivity index (χ0v) is 17.7. The van der Waals surface area contributed by atoms with Crippen molar-refractivity contribution >= 4 is 18.3 Å². The number of aromatic nitrogens is 3. The Labute approximate surface area is 178 Å². The quantitative estimate of drug-likeness (QED) is 0.778. The molecule has 0 aliphatic carbocycles. The van der Waals surface area contributed by atoms with Crippen molar-refractivity contribution in [2.24, 2.45) is 5.92 Å². The summed E-state index contributed by atoms with van der Waals surface area (Å²) in [7, 11) is 0. The SMILES string of the molecule is Cc1ccc(C2OCCCC2CNC(=O)c2cn(C3CCNCC3)nn2)cc1.Cl. The Bertz CT molecular complexity index is 789. The lowest BCUT2D eigenvalue weighted by atomic mass is 9.89. The standard InChI is InChI=1S/C21H29N5O2.ClH/c1-15-4-6-16(7-5-15)20-17(3-2-12-28-20)13-23-21(27)19-14-26(25-24-19)18-8-10-22-11-9-18;/h4-7,14,17-18,20,22H,2-3,8-13H2,1H3,(H,23,27);1H. The van der Waals surface area contributed by atoms with Crippen molar-refractivity contribution < 1.29 is 9.53 Å². The molecule has 2 saturated heterocycles. The minimum Gasteiger partial charge on any atom is -0.373 e. The highest BCUT2D eigenvalue weighted by Gasteiger charge is 2.28. The zero-order chi connectivity index (χ0) is 19.3. The van der Waals surface area contributed by atoms with E-state index in [0.717, 1.165) is 45.4 Å². The average Bonchev–Trinajstić information content (AvgIpc) is 3.24. The number of benzene rings is 1. The second-order valence-electron chi connectivity index (χ2n) is 7.88. The summed E-state index contributed by atoms with van der Waals surface area (Å²) in [6.45, 7) is 5.40. The van der Waals surface area contributed by atoms with E-state index < -0.39 is 0 Å². The fourth-order valence-corrected chi connectivity index (χ4v) is 4.12. The number of halogens is 1. The van der Waals surface area contributed by atoms with Crippen molar-refractivity contribution in [3.63, 3.8) is 0 Å². The fourth-order valence-electron chi connectivity index (χ4n) is 4.12. The first-order valence-corrected chi connectivity index (χ1v) is 10.3. The molecular formula is C21H30ClN5O2. The predicted molar refractivity (Wildman–Crippen MR) is 113 cm³/mol. The molecule has 1 aromatic heterocycles. The third-order valence-electron chi connectivity index (χ3n) is 5.80. The minimum atomic E-state index is -0.159. The maximum atomic E-state index is 12.6. The predicted octanol–water partition coefficient (Wildman–Crippen LogP) is 2.83. The van der Waals surface area contributed by atoms with Crippen LogP contribution in [0.3, 0.4) is 0 Å². The third-order valence-corrected chi connectivity index (χ3v) is 5.80. The molecule has 0 spiro atoms. The second kappa shape index (κ2) is 10.2. The van der Waals surface area contributed by atoms with Gasteiger partial charge < -0.3 is 15.4 Å². The number of rotatable bonds is 5. The molecule has 2 aromatic rings. The van der Waals surface area contributed by atoms with Crippen LogP contribution in [0.2, 0.25) is 0 Å². The van der Waals surface area contributed by atoms with Crippen LogP contribution in [-0.4, -0.2) is 47.1 Å². The van der Waals surface area contributed by atoms with Crippen LogP contribution in [0.5, 0.6) is 0 Å². The van der Waals surface area contributed by atoms with Gasteiger partial charge in [0.25, 0.3) is 5.91 Å². The van der Waals surface area contributed by atoms with Gasteiger partial charge in [-0.3, -0.25) is 4.79 Å². The molecule has 7 nitrogen and oxygen atoms in total. The van der Waals surface area contributed by atoms with Gasteiger partial charge in [0, 0.05) is 19.1 Å². The van der Waals surface area contributed by atoms with Crippen LogP contribution in [0.15, 0.2) is 30.5 Å². The summed E-state index contributed by atoms with van der Waals surface area (Å²) in [6, 6.07) is 8.81. The molecular weight excluding hydrogens is 390 g/mol. The van der Waals surface area contributed by atoms with Gasteiger partial charge in [-0.05, 0) is 51.3 Å². The first kappa shape index (κ1) is 21.7. The molecule has 8 heteroatoms. The molecule has 2 aliphatic heterocycles. The minimum absolute atomic E-state index is 0. The molecule has 1 aromatic carbocycles. The highest BCUT2D eigenvalue weighted by atomic mass is 35.5. The van der Waals surface area contributed by atoms with E-state index >= 15 is 0 Å². The van der Waals surface area contributed by atoms with Gasteiger partial charge in [-0.25, -0.2) is 4.68 Å². The van der Waals surface area contributed by atoms with Crippen LogP contribution >= 0.6 is 12.4 Å². The highest BCUT2D eigenvalue weighted by Crippen LogP contribution is 2.33. The van der Waals surface area contributed by atoms with Gasteiger partial charge in [-0.2, -0.15) is 0 Å². The van der Waals surface area contributed by atoms with Crippen molar-refractivity contribution in [1.82, 2.24) is 25.6 Å². The Morgan fingerprint density at radius 1 is 1.24 bits per heavy atom. The number of aryl methyl sites for hydroxylation is 1. The molecule has 2 fully saturated rings. The van der Waals surface area contributed by atoms with E-state index in [1.807, 2.05) is 4.68 Å². The van der Waals surface area contributed by atoms with Crippen molar-refractivity contribution in [2.75, 3.05) is 26.2 Å². The number of carbonyl (C=O) groups is 1. The molecule has 2 aliphatic rings. The summed E-state index contributed by atoms with van der Waals surface area (Å²) in [5.74, 6) is 0.105. The van der Waals surface area contributed by atoms with E-state index in [4.69, 9.17) is 4.74 Å². The molecule has 2 N–H and O–H groups in total. The first-order valence-electron chi connectivity index (χ1n) is 10.3. The van der Waals surface area contributed by atoms with Gasteiger partial charge in [0.15, 0.2) is 5.69 Å². The maximum absolute atomic E-state index is 12.6. The van der Waals surface area contributed by atoms with E-state index in [2.05, 4.69) is 52.1 Å². The molecule has 158 valence electrons. The van der Waals surface area contributed by atoms with Crippen LogP contribution in [0.25, 0.3) is 0 Å². The third kappa shape index (κ3) is 5.35. The number of piperidine rings is 1. The van der Waals surface area contributed by atoms with Crippen molar-refractivity contribution in [3.05, 3.63) is 47.3 Å². The molecule has 2 atom stereocenters. The van der Waals surface area contributed by atoms with Gasteiger partial charge in [-0.1, -0.05) is 35.0 Å². The summed E-state index contributed by atoms with van der Waals surface area (Å²) in [5, 5.41) is 14.7. The first-order chi connectivity index (χ1) is 13.7. The second-order valence-corrected chi connectivity index (χ2v) is 7.88. The Hall–Kier alpha value is -1.96. The summed E-state index contributed by atoms with van der Waals surface area (Å²) in [4.78, 5) is 12.6. The monoisotopic (exact) mass is 419 g/mol. The lowest BCUT2D eigenvalue weighted by Crippen LogP contribution is -2.35. The number of nitrogens with one attached hydrogen (secondary N) is 2. The Balaban J connectivity index is 0.00000240. The lowest BCUT2D eigenvalue weighted by molar-refractivity contribution is -0.0272. The number of nitrogens with zero attached hydrogens (tertiary/aromatic N) is 3. The number of carbonyl (C=O) groups excluding carboxylic acids is 1. The largest absolute Gasteiger partial charge is 0.373 e. The van der Waals surface area contributed by atoms with Crippen LogP contribution < -0.4 is 10.6 Å². The summed E-state index contributed by atoms with van der Waals surface area (Å²) in [6.07, 6.45) is 5.90. The molecule has 0 radical (unpaired) electrons. The van der Waals surface area contributed by atoms with Gasteiger partial charge >= 0.3 is 0 Å². The Morgan fingerprint density at radius 3 is 2.76 bits per heavy atom. The van der Waals surface area contributed by atoms with Gasteiger partial charge in [0.05, 0.1) is 18.3 Å². The van der Waals surface area contributed by atoms with E-state index in [-0.39, 0.29) is 30.3 Å². The summed E-state index contributed by atoms with van der Waals surface area (Å²) >= 11 is 0. The molecule has 1 amide bonds. The molecule has 0 bridgehead atoms.